The van der Waals surface area contributed by atoms with Crippen LogP contribution in [0, 0.1) is 4.91 Å². The lowest BCUT2D eigenvalue weighted by Crippen LogP contribution is -2.18. The number of rotatable bonds is 5. The monoisotopic (exact) mass is 482 g/mol. The summed E-state index contributed by atoms with van der Waals surface area (Å²) in [5, 5.41) is 23.6. The number of hydrogen-bond donors (Lipinski definition) is 2. The molecule has 2 N–H and O–H groups in total. The number of carboxylic acid groups (broad SMARTS) is 1. The van der Waals surface area contributed by atoms with E-state index in [2.05, 4.69) is 5.18 Å². The van der Waals surface area contributed by atoms with Gasteiger partial charge in [0.05, 0.1) is 24.0 Å². The number of ether oxygens (including phenoxy) is 1. The Labute approximate surface area is 196 Å². The molecular weight excluding hydrogens is 465 g/mol. The Kier molecular flexibility index (Phi) is 5.23. The van der Waals surface area contributed by atoms with Gasteiger partial charge in [-0.15, -0.1) is 4.91 Å². The first kappa shape index (κ1) is 22.5. The van der Waals surface area contributed by atoms with Gasteiger partial charge in [-0.05, 0) is 40.6 Å². The van der Waals surface area contributed by atoms with E-state index in [9.17, 15) is 33.1 Å². The van der Waals surface area contributed by atoms with E-state index in [1.165, 1.54) is 16.7 Å². The van der Waals surface area contributed by atoms with Crippen LogP contribution in [-0.2, 0) is 17.5 Å². The fourth-order valence-corrected chi connectivity index (χ4v) is 4.54. The van der Waals surface area contributed by atoms with Crippen LogP contribution in [0.2, 0.25) is 0 Å². The Morgan fingerprint density at radius 2 is 1.74 bits per heavy atom. The van der Waals surface area contributed by atoms with E-state index in [-0.39, 0.29) is 17.6 Å². The van der Waals surface area contributed by atoms with E-state index in [1.807, 2.05) is 0 Å². The Balaban J connectivity index is 1.70. The zero-order valence-electron chi connectivity index (χ0n) is 17.9. The number of para-hydroxylation sites is 1. The van der Waals surface area contributed by atoms with Gasteiger partial charge in [0.15, 0.2) is 5.69 Å². The van der Waals surface area contributed by atoms with Crippen molar-refractivity contribution in [2.45, 2.75) is 25.2 Å². The average molecular weight is 482 g/mol. The number of fused-ring (bicyclic) bond motifs is 5. The van der Waals surface area contributed by atoms with Gasteiger partial charge in [-0.1, -0.05) is 36.4 Å². The SMILES string of the molecule is O=Nc1c(O)n(Cc2ccc(C(F)(F)F)cc2)c2ccc3c(c12)C(CC(=O)O)Oc1ccccc1-3. The van der Waals surface area contributed by atoms with E-state index in [4.69, 9.17) is 4.74 Å². The molecule has 7 nitrogen and oxygen atoms in total. The molecule has 0 saturated heterocycles. The summed E-state index contributed by atoms with van der Waals surface area (Å²) in [6, 6.07) is 14.9. The minimum Gasteiger partial charge on any atom is -0.493 e. The van der Waals surface area contributed by atoms with Crippen LogP contribution in [0.1, 0.15) is 29.2 Å². The summed E-state index contributed by atoms with van der Waals surface area (Å²) in [5.74, 6) is -1.11. The number of nitroso groups, excluding NO2 is 1. The standard InChI is InChI=1S/C25H17F3N2O5/c26-25(27,28)14-7-5-13(6-8-14)12-30-17-10-9-16-15-3-1-2-4-18(15)35-19(11-20(31)32)21(16)22(17)23(29-34)24(30)33/h1-10,19,33H,11-12H2,(H,31,32). The quantitative estimate of drug-likeness (QED) is 0.321. The lowest BCUT2D eigenvalue weighted by atomic mass is 9.88. The summed E-state index contributed by atoms with van der Waals surface area (Å²) in [6.45, 7) is -0.0458. The van der Waals surface area contributed by atoms with E-state index < -0.39 is 36.1 Å². The molecule has 1 aliphatic heterocycles. The molecule has 1 aromatic heterocycles. The second-order valence-corrected chi connectivity index (χ2v) is 8.17. The molecule has 178 valence electrons. The first-order valence-corrected chi connectivity index (χ1v) is 10.5. The molecule has 0 spiro atoms. The van der Waals surface area contributed by atoms with Gasteiger partial charge in [-0.2, -0.15) is 13.2 Å². The van der Waals surface area contributed by atoms with Crippen molar-refractivity contribution in [3.8, 4) is 22.8 Å². The van der Waals surface area contributed by atoms with Crippen LogP contribution in [0.5, 0.6) is 11.6 Å². The van der Waals surface area contributed by atoms with Crippen molar-refractivity contribution in [3.63, 3.8) is 0 Å². The molecule has 0 aliphatic carbocycles. The zero-order chi connectivity index (χ0) is 24.9. The molecule has 5 rings (SSSR count). The summed E-state index contributed by atoms with van der Waals surface area (Å²) >= 11 is 0. The first-order valence-electron chi connectivity index (χ1n) is 10.5. The first-order chi connectivity index (χ1) is 16.7. The number of carboxylic acids is 1. The van der Waals surface area contributed by atoms with Crippen LogP contribution in [-0.4, -0.2) is 20.7 Å². The molecule has 0 amide bonds. The zero-order valence-corrected chi connectivity index (χ0v) is 17.9. The van der Waals surface area contributed by atoms with Crippen LogP contribution < -0.4 is 4.74 Å². The van der Waals surface area contributed by atoms with Crippen molar-refractivity contribution in [1.29, 1.82) is 0 Å². The number of alkyl halides is 3. The molecule has 0 radical (unpaired) electrons. The summed E-state index contributed by atoms with van der Waals surface area (Å²) in [6.07, 6.45) is -5.84. The number of aromatic nitrogens is 1. The summed E-state index contributed by atoms with van der Waals surface area (Å²) in [7, 11) is 0. The second kappa shape index (κ2) is 8.15. The minimum absolute atomic E-state index is 0.0458. The van der Waals surface area contributed by atoms with E-state index >= 15 is 0 Å². The van der Waals surface area contributed by atoms with Gasteiger partial charge >= 0.3 is 12.1 Å². The third kappa shape index (κ3) is 3.76. The number of aromatic hydroxyl groups is 1. The maximum absolute atomic E-state index is 12.9. The fourth-order valence-electron chi connectivity index (χ4n) is 4.54. The van der Waals surface area contributed by atoms with Gasteiger partial charge in [0, 0.05) is 16.5 Å². The maximum Gasteiger partial charge on any atom is 0.416 e. The number of benzene rings is 3. The lowest BCUT2D eigenvalue weighted by Gasteiger charge is -2.28. The molecule has 1 unspecified atom stereocenters. The van der Waals surface area contributed by atoms with E-state index in [0.29, 0.717) is 33.5 Å². The van der Waals surface area contributed by atoms with Crippen LogP contribution in [0.3, 0.4) is 0 Å². The molecule has 0 fully saturated rings. The highest BCUT2D eigenvalue weighted by molar-refractivity contribution is 6.02. The minimum atomic E-state index is -4.48. The summed E-state index contributed by atoms with van der Waals surface area (Å²) < 4.78 is 46.1. The van der Waals surface area contributed by atoms with Crippen LogP contribution in [0.4, 0.5) is 18.9 Å². The average Bonchev–Trinajstić information content (AvgIpc) is 3.09. The van der Waals surface area contributed by atoms with Crippen molar-refractivity contribution in [2.24, 2.45) is 5.18 Å². The largest absolute Gasteiger partial charge is 0.493 e. The van der Waals surface area contributed by atoms with Gasteiger partial charge in [-0.3, -0.25) is 4.79 Å². The highest BCUT2D eigenvalue weighted by Gasteiger charge is 2.34. The predicted octanol–water partition coefficient (Wildman–Crippen LogP) is 6.39. The molecule has 0 saturated carbocycles. The molecule has 10 heteroatoms. The molecule has 0 bridgehead atoms. The fraction of sp³-hybridized carbons (Fsp3) is 0.160. The molecule has 1 aliphatic rings. The number of carbonyl (C=O) groups is 1. The van der Waals surface area contributed by atoms with Crippen LogP contribution >= 0.6 is 0 Å². The lowest BCUT2D eigenvalue weighted by molar-refractivity contribution is -0.139. The molecule has 2 heterocycles. The topological polar surface area (TPSA) is 101 Å². The van der Waals surface area contributed by atoms with Gasteiger partial charge in [0.2, 0.25) is 5.88 Å². The van der Waals surface area contributed by atoms with Crippen molar-refractivity contribution in [1.82, 2.24) is 4.57 Å². The highest BCUT2D eigenvalue weighted by atomic mass is 19.4. The Morgan fingerprint density at radius 1 is 1.03 bits per heavy atom. The van der Waals surface area contributed by atoms with Gasteiger partial charge < -0.3 is 19.5 Å². The Bertz CT molecular complexity index is 1480. The highest BCUT2D eigenvalue weighted by Crippen LogP contribution is 2.51. The maximum atomic E-state index is 12.9. The number of hydrogen-bond acceptors (Lipinski definition) is 5. The van der Waals surface area contributed by atoms with Crippen molar-refractivity contribution < 1.29 is 32.9 Å². The van der Waals surface area contributed by atoms with Crippen LogP contribution in [0.25, 0.3) is 22.0 Å². The van der Waals surface area contributed by atoms with Crippen LogP contribution in [0.15, 0.2) is 65.8 Å². The third-order valence-electron chi connectivity index (χ3n) is 6.06. The normalized spacial score (nSPS) is 14.8. The second-order valence-electron chi connectivity index (χ2n) is 8.17. The molecule has 1 atom stereocenters. The number of aliphatic carboxylic acids is 1. The van der Waals surface area contributed by atoms with Crippen molar-refractivity contribution in [3.05, 3.63) is 82.3 Å². The van der Waals surface area contributed by atoms with E-state index in [0.717, 1.165) is 12.1 Å². The number of halogens is 3. The van der Waals surface area contributed by atoms with E-state index in [1.54, 1.807) is 36.4 Å². The third-order valence-corrected chi connectivity index (χ3v) is 6.06. The molecular formula is C25H17F3N2O5. The van der Waals surface area contributed by atoms with Crippen molar-refractivity contribution >= 4 is 22.6 Å². The molecule has 3 aromatic carbocycles. The Morgan fingerprint density at radius 3 is 2.40 bits per heavy atom. The van der Waals surface area contributed by atoms with Gasteiger partial charge in [-0.25, -0.2) is 0 Å². The number of nitrogens with zero attached hydrogens (tertiary/aromatic N) is 2. The summed E-state index contributed by atoms with van der Waals surface area (Å²) in [4.78, 5) is 23.4. The predicted molar refractivity (Wildman–Crippen MR) is 121 cm³/mol. The molecule has 35 heavy (non-hydrogen) atoms. The summed E-state index contributed by atoms with van der Waals surface area (Å²) in [5.41, 5.74) is 1.46. The van der Waals surface area contributed by atoms with Gasteiger partial charge in [0.1, 0.15) is 11.9 Å². The smallest absolute Gasteiger partial charge is 0.416 e. The van der Waals surface area contributed by atoms with Gasteiger partial charge in [0.25, 0.3) is 0 Å². The molecule has 4 aromatic rings. The van der Waals surface area contributed by atoms with Crippen molar-refractivity contribution in [2.75, 3.05) is 0 Å². The Hall–Kier alpha value is -4.34.